The van der Waals surface area contributed by atoms with Gasteiger partial charge >= 0.3 is 5.97 Å². The van der Waals surface area contributed by atoms with Gasteiger partial charge in [-0.2, -0.15) is 4.72 Å². The number of aromatic nitrogens is 1. The lowest BCUT2D eigenvalue weighted by Crippen LogP contribution is -2.48. The summed E-state index contributed by atoms with van der Waals surface area (Å²) in [5.41, 5.74) is -0.180. The molecule has 0 bridgehead atoms. The van der Waals surface area contributed by atoms with E-state index < -0.39 is 27.4 Å². The molecular formula is C13H16N2O4S2. The summed E-state index contributed by atoms with van der Waals surface area (Å²) in [5.74, 6) is -1.22. The fourth-order valence-electron chi connectivity index (χ4n) is 1.77. The van der Waals surface area contributed by atoms with E-state index in [1.54, 1.807) is 45.0 Å². The number of para-hydroxylation sites is 1. The van der Waals surface area contributed by atoms with Crippen LogP contribution in [0.1, 0.15) is 20.8 Å². The van der Waals surface area contributed by atoms with Crippen molar-refractivity contribution in [2.45, 2.75) is 31.2 Å². The number of nitrogens with zero attached hydrogens (tertiary/aromatic N) is 1. The van der Waals surface area contributed by atoms with Crippen LogP contribution >= 0.6 is 11.3 Å². The fourth-order valence-corrected chi connectivity index (χ4v) is 4.40. The van der Waals surface area contributed by atoms with Crippen LogP contribution in [0.3, 0.4) is 0 Å². The quantitative estimate of drug-likeness (QED) is 0.895. The van der Waals surface area contributed by atoms with Crippen molar-refractivity contribution in [2.75, 3.05) is 0 Å². The number of hydrogen-bond donors (Lipinski definition) is 2. The van der Waals surface area contributed by atoms with E-state index in [2.05, 4.69) is 9.71 Å². The van der Waals surface area contributed by atoms with Crippen LogP contribution in [0.25, 0.3) is 10.2 Å². The number of carbonyl (C=O) groups is 1. The second-order valence-electron chi connectivity index (χ2n) is 5.71. The van der Waals surface area contributed by atoms with Crippen LogP contribution in [-0.2, 0) is 14.8 Å². The minimum absolute atomic E-state index is 0.126. The van der Waals surface area contributed by atoms with Crippen molar-refractivity contribution < 1.29 is 18.3 Å². The Balaban J connectivity index is 2.39. The lowest BCUT2D eigenvalue weighted by molar-refractivity contribution is -0.141. The Kier molecular flexibility index (Phi) is 4.05. The van der Waals surface area contributed by atoms with Gasteiger partial charge in [-0.15, -0.1) is 11.3 Å². The number of carboxylic acids is 1. The minimum Gasteiger partial charge on any atom is -0.480 e. The molecule has 2 aromatic rings. The number of thiazole rings is 1. The molecule has 1 aromatic carbocycles. The highest BCUT2D eigenvalue weighted by molar-refractivity contribution is 7.91. The van der Waals surface area contributed by atoms with Crippen molar-refractivity contribution in [3.63, 3.8) is 0 Å². The van der Waals surface area contributed by atoms with Gasteiger partial charge in [-0.25, -0.2) is 13.4 Å². The van der Waals surface area contributed by atoms with Gasteiger partial charge in [-0.3, -0.25) is 4.79 Å². The van der Waals surface area contributed by atoms with Crippen LogP contribution in [0.4, 0.5) is 0 Å². The maximum Gasteiger partial charge on any atom is 0.322 e. The Morgan fingerprint density at radius 3 is 2.48 bits per heavy atom. The average molecular weight is 328 g/mol. The molecule has 0 saturated carbocycles. The molecule has 0 aliphatic carbocycles. The molecule has 0 unspecified atom stereocenters. The van der Waals surface area contributed by atoms with Crippen molar-refractivity contribution in [1.82, 2.24) is 9.71 Å². The fraction of sp³-hybridized carbons (Fsp3) is 0.385. The molecule has 1 aromatic heterocycles. The molecule has 21 heavy (non-hydrogen) atoms. The van der Waals surface area contributed by atoms with Crippen LogP contribution in [0, 0.1) is 5.41 Å². The molecule has 0 radical (unpaired) electrons. The molecule has 0 amide bonds. The molecule has 114 valence electrons. The number of fused-ring (bicyclic) bond motifs is 1. The Morgan fingerprint density at radius 1 is 1.33 bits per heavy atom. The van der Waals surface area contributed by atoms with E-state index in [0.717, 1.165) is 16.0 Å². The Hall–Kier alpha value is -1.51. The Bertz CT molecular complexity index is 742. The van der Waals surface area contributed by atoms with Crippen molar-refractivity contribution in [3.05, 3.63) is 24.3 Å². The number of rotatable bonds is 4. The first kappa shape index (κ1) is 15.9. The van der Waals surface area contributed by atoms with Gasteiger partial charge in [0.05, 0.1) is 10.2 Å². The zero-order valence-electron chi connectivity index (χ0n) is 11.8. The number of benzene rings is 1. The molecule has 0 aliphatic rings. The lowest BCUT2D eigenvalue weighted by Gasteiger charge is -2.27. The first-order valence-electron chi connectivity index (χ1n) is 6.22. The molecule has 8 heteroatoms. The van der Waals surface area contributed by atoms with E-state index in [1.165, 1.54) is 0 Å². The third-order valence-corrected chi connectivity index (χ3v) is 5.73. The van der Waals surface area contributed by atoms with Crippen LogP contribution in [0.5, 0.6) is 0 Å². The zero-order chi connectivity index (χ0) is 15.8. The van der Waals surface area contributed by atoms with Crippen LogP contribution < -0.4 is 4.72 Å². The molecule has 2 rings (SSSR count). The van der Waals surface area contributed by atoms with Gasteiger partial charge in [0.1, 0.15) is 6.04 Å². The third-order valence-electron chi connectivity index (χ3n) is 2.89. The van der Waals surface area contributed by atoms with Crippen molar-refractivity contribution in [3.8, 4) is 0 Å². The van der Waals surface area contributed by atoms with Gasteiger partial charge in [-0.1, -0.05) is 32.9 Å². The first-order chi connectivity index (χ1) is 9.61. The maximum atomic E-state index is 12.3. The summed E-state index contributed by atoms with van der Waals surface area (Å²) in [6, 6.07) is 5.81. The molecule has 0 fully saturated rings. The van der Waals surface area contributed by atoms with Gasteiger partial charge in [0, 0.05) is 0 Å². The minimum atomic E-state index is -3.97. The first-order valence-corrected chi connectivity index (χ1v) is 8.52. The molecule has 2 N–H and O–H groups in total. The van der Waals surface area contributed by atoms with Crippen LogP contribution in [0.15, 0.2) is 28.6 Å². The summed E-state index contributed by atoms with van der Waals surface area (Å²) >= 11 is 1.01. The largest absolute Gasteiger partial charge is 0.480 e. The summed E-state index contributed by atoms with van der Waals surface area (Å²) in [7, 11) is -3.97. The van der Waals surface area contributed by atoms with Crippen LogP contribution in [0.2, 0.25) is 0 Å². The second-order valence-corrected chi connectivity index (χ2v) is 8.62. The number of hydrogen-bond acceptors (Lipinski definition) is 5. The topological polar surface area (TPSA) is 96.4 Å². The molecular weight excluding hydrogens is 312 g/mol. The van der Waals surface area contributed by atoms with E-state index >= 15 is 0 Å². The Labute approximate surface area is 126 Å². The highest BCUT2D eigenvalue weighted by Crippen LogP contribution is 2.27. The van der Waals surface area contributed by atoms with Crippen LogP contribution in [-0.4, -0.2) is 30.5 Å². The molecule has 6 nitrogen and oxygen atoms in total. The van der Waals surface area contributed by atoms with Gasteiger partial charge in [0.15, 0.2) is 0 Å². The smallest absolute Gasteiger partial charge is 0.322 e. The third kappa shape index (κ3) is 3.39. The number of nitrogens with one attached hydrogen (secondary N) is 1. The molecule has 1 heterocycles. The van der Waals surface area contributed by atoms with E-state index in [0.29, 0.717) is 5.52 Å². The van der Waals surface area contributed by atoms with Crippen molar-refractivity contribution >= 4 is 37.5 Å². The number of carboxylic acid groups (broad SMARTS) is 1. The molecule has 0 spiro atoms. The summed E-state index contributed by atoms with van der Waals surface area (Å²) in [5, 5.41) is 9.21. The molecule has 1 atom stereocenters. The highest BCUT2D eigenvalue weighted by atomic mass is 32.2. The summed E-state index contributed by atoms with van der Waals surface area (Å²) in [4.78, 5) is 15.3. The Morgan fingerprint density at radius 2 is 1.95 bits per heavy atom. The summed E-state index contributed by atoms with van der Waals surface area (Å²) < 4.78 is 27.5. The highest BCUT2D eigenvalue weighted by Gasteiger charge is 2.36. The SMILES string of the molecule is CC(C)(C)[C@H](NS(=O)(=O)c1nc2ccccc2s1)C(=O)O. The second kappa shape index (κ2) is 5.36. The van der Waals surface area contributed by atoms with Crippen molar-refractivity contribution in [2.24, 2.45) is 5.41 Å². The van der Waals surface area contributed by atoms with Crippen molar-refractivity contribution in [1.29, 1.82) is 0 Å². The van der Waals surface area contributed by atoms with Gasteiger partial charge in [0.2, 0.25) is 4.34 Å². The monoisotopic (exact) mass is 328 g/mol. The van der Waals surface area contributed by atoms with Gasteiger partial charge in [-0.05, 0) is 17.5 Å². The maximum absolute atomic E-state index is 12.3. The summed E-state index contributed by atoms with van der Waals surface area (Å²) in [6.45, 7) is 4.98. The zero-order valence-corrected chi connectivity index (χ0v) is 13.5. The molecule has 0 saturated heterocycles. The molecule has 0 aliphatic heterocycles. The van der Waals surface area contributed by atoms with Gasteiger partial charge < -0.3 is 5.11 Å². The van der Waals surface area contributed by atoms with E-state index in [1.807, 2.05) is 0 Å². The van der Waals surface area contributed by atoms with E-state index in [4.69, 9.17) is 0 Å². The predicted molar refractivity (Wildman–Crippen MR) is 80.8 cm³/mol. The predicted octanol–water partition coefficient (Wildman–Crippen LogP) is 2.07. The number of aliphatic carboxylic acids is 1. The van der Waals surface area contributed by atoms with E-state index in [9.17, 15) is 18.3 Å². The number of sulfonamides is 1. The lowest BCUT2D eigenvalue weighted by atomic mass is 9.88. The average Bonchev–Trinajstić information content (AvgIpc) is 2.79. The standard InChI is InChI=1S/C13H16N2O4S2/c1-13(2,3)10(11(16)17)15-21(18,19)12-14-8-6-4-5-7-9(8)20-12/h4-7,10,15H,1-3H3,(H,16,17)/t10-/m1/s1. The summed E-state index contributed by atoms with van der Waals surface area (Å²) in [6.07, 6.45) is 0. The normalized spacial score (nSPS) is 14.2. The van der Waals surface area contributed by atoms with E-state index in [-0.39, 0.29) is 4.34 Å². The van der Waals surface area contributed by atoms with Gasteiger partial charge in [0.25, 0.3) is 10.0 Å².